The van der Waals surface area contributed by atoms with E-state index in [1.807, 2.05) is 6.92 Å². The predicted molar refractivity (Wildman–Crippen MR) is 162 cm³/mol. The van der Waals surface area contributed by atoms with Gasteiger partial charge in [-0.3, -0.25) is 19.2 Å². The molecular weight excluding hydrogens is 787 g/mol. The maximum atomic E-state index is 13.3. The van der Waals surface area contributed by atoms with Gasteiger partial charge in [-0.2, -0.15) is 0 Å². The minimum Gasteiger partial charge on any atom is -0.426 e. The topological polar surface area (TPSA) is 84.0 Å². The summed E-state index contributed by atoms with van der Waals surface area (Å²) in [6, 6.07) is 9.97. The van der Waals surface area contributed by atoms with E-state index in [0.717, 1.165) is 10.5 Å². The van der Waals surface area contributed by atoms with Crippen molar-refractivity contribution in [2.45, 2.75) is 20.3 Å². The molecule has 3 aromatic carbocycles. The second-order valence-electron chi connectivity index (χ2n) is 9.11. The van der Waals surface area contributed by atoms with Crippen molar-refractivity contribution < 1.29 is 23.9 Å². The SMILES string of the molecule is Cc1cc(OC(=O)[C@@H]2CC(=O)N(c3cccc(Cl)c3C)C2)ccc1N1C(=O)c2c(Br)c(Br)c(Br)c(Br)c2C1=O. The quantitative estimate of drug-likeness (QED) is 0.0886. The van der Waals surface area contributed by atoms with Crippen LogP contribution in [0.3, 0.4) is 0 Å². The van der Waals surface area contributed by atoms with E-state index in [4.69, 9.17) is 16.3 Å². The highest BCUT2D eigenvalue weighted by Gasteiger charge is 2.42. The van der Waals surface area contributed by atoms with Crippen molar-refractivity contribution in [3.63, 3.8) is 0 Å². The molecule has 1 saturated heterocycles. The van der Waals surface area contributed by atoms with Crippen molar-refractivity contribution in [2.75, 3.05) is 16.3 Å². The molecule has 0 N–H and O–H groups in total. The van der Waals surface area contributed by atoms with Crippen LogP contribution in [0.25, 0.3) is 0 Å². The van der Waals surface area contributed by atoms with Gasteiger partial charge < -0.3 is 9.64 Å². The van der Waals surface area contributed by atoms with E-state index in [-0.39, 0.29) is 35.7 Å². The van der Waals surface area contributed by atoms with E-state index >= 15 is 0 Å². The van der Waals surface area contributed by atoms with Crippen molar-refractivity contribution in [3.8, 4) is 5.75 Å². The zero-order valence-electron chi connectivity index (χ0n) is 20.3. The number of carbonyl (C=O) groups excluding carboxylic acids is 4. The number of carbonyl (C=O) groups is 4. The van der Waals surface area contributed by atoms with Gasteiger partial charge in [-0.05, 0) is 119 Å². The Hall–Kier alpha value is -2.05. The van der Waals surface area contributed by atoms with Crippen LogP contribution in [-0.4, -0.2) is 30.2 Å². The average molecular weight is 805 g/mol. The maximum Gasteiger partial charge on any atom is 0.316 e. The molecule has 0 bridgehead atoms. The lowest BCUT2D eigenvalue weighted by atomic mass is 10.1. The minimum absolute atomic E-state index is 0.0196. The number of halogens is 5. The molecule has 7 nitrogen and oxygen atoms in total. The Bertz CT molecular complexity index is 1580. The summed E-state index contributed by atoms with van der Waals surface area (Å²) in [5.41, 5.74) is 2.83. The molecule has 200 valence electrons. The summed E-state index contributed by atoms with van der Waals surface area (Å²) in [5, 5.41) is 0.542. The Labute approximate surface area is 262 Å². The number of hydrogen-bond donors (Lipinski definition) is 0. The molecule has 5 rings (SSSR count). The first-order valence-electron chi connectivity index (χ1n) is 11.5. The first-order chi connectivity index (χ1) is 18.4. The number of ether oxygens (including phenoxy) is 1. The molecular formula is C27H17Br4ClN2O5. The first kappa shape index (κ1) is 28.5. The Morgan fingerprint density at radius 2 is 1.51 bits per heavy atom. The Morgan fingerprint density at radius 1 is 0.897 bits per heavy atom. The van der Waals surface area contributed by atoms with E-state index in [1.54, 1.807) is 42.2 Å². The molecule has 0 spiro atoms. The molecule has 39 heavy (non-hydrogen) atoms. The van der Waals surface area contributed by atoms with E-state index in [1.165, 1.54) is 6.07 Å². The van der Waals surface area contributed by atoms with Gasteiger partial charge in [0.25, 0.3) is 11.8 Å². The third kappa shape index (κ3) is 4.80. The third-order valence-corrected chi connectivity index (χ3v) is 11.9. The second-order valence-corrected chi connectivity index (χ2v) is 12.7. The standard InChI is InChI=1S/C27H17Br4ClN2O5/c1-11-8-14(39-27(38)13-9-18(35)33(10-13)17-5-3-4-15(32)12(17)2)6-7-16(11)34-25(36)19-20(26(34)37)22(29)24(31)23(30)21(19)28/h3-8,13H,9-10H2,1-2H3/t13-/m1/s1. The fraction of sp³-hybridized carbons (Fsp3) is 0.185. The number of anilines is 2. The molecule has 1 atom stereocenters. The Morgan fingerprint density at radius 3 is 2.10 bits per heavy atom. The lowest BCUT2D eigenvalue weighted by Crippen LogP contribution is -2.30. The predicted octanol–water partition coefficient (Wildman–Crippen LogP) is 7.77. The molecule has 0 unspecified atom stereocenters. The molecule has 12 heteroatoms. The summed E-state index contributed by atoms with van der Waals surface area (Å²) < 4.78 is 7.74. The number of aryl methyl sites for hydroxylation is 1. The molecule has 1 fully saturated rings. The smallest absolute Gasteiger partial charge is 0.316 e. The monoisotopic (exact) mass is 800 g/mol. The van der Waals surface area contributed by atoms with Gasteiger partial charge in [0.1, 0.15) is 5.75 Å². The fourth-order valence-electron chi connectivity index (χ4n) is 4.70. The van der Waals surface area contributed by atoms with Gasteiger partial charge in [-0.15, -0.1) is 0 Å². The van der Waals surface area contributed by atoms with Crippen molar-refractivity contribution >= 4 is 110 Å². The van der Waals surface area contributed by atoms with Crippen LogP contribution in [0.2, 0.25) is 5.02 Å². The molecule has 2 heterocycles. The van der Waals surface area contributed by atoms with Gasteiger partial charge in [-0.25, -0.2) is 4.90 Å². The highest BCUT2D eigenvalue weighted by Crippen LogP contribution is 2.46. The largest absolute Gasteiger partial charge is 0.426 e. The van der Waals surface area contributed by atoms with Gasteiger partial charge in [-0.1, -0.05) is 17.7 Å². The molecule has 0 aromatic heterocycles. The first-order valence-corrected chi connectivity index (χ1v) is 15.1. The summed E-state index contributed by atoms with van der Waals surface area (Å²) >= 11 is 19.9. The second kappa shape index (κ2) is 10.7. The number of rotatable bonds is 4. The summed E-state index contributed by atoms with van der Waals surface area (Å²) in [5.74, 6) is -2.10. The van der Waals surface area contributed by atoms with Gasteiger partial charge in [0, 0.05) is 41.6 Å². The molecule has 0 saturated carbocycles. The highest BCUT2D eigenvalue weighted by atomic mass is 79.9. The zero-order valence-corrected chi connectivity index (χ0v) is 27.4. The van der Waals surface area contributed by atoms with Crippen LogP contribution in [0.5, 0.6) is 5.75 Å². The molecule has 3 amide bonds. The maximum absolute atomic E-state index is 13.3. The summed E-state index contributed by atoms with van der Waals surface area (Å²) in [6.07, 6.45) is 0.0196. The summed E-state index contributed by atoms with van der Waals surface area (Å²) in [4.78, 5) is 55.0. The van der Waals surface area contributed by atoms with Gasteiger partial charge in [0.15, 0.2) is 0 Å². The lowest BCUT2D eigenvalue weighted by Gasteiger charge is -2.20. The number of benzene rings is 3. The van der Waals surface area contributed by atoms with E-state index in [0.29, 0.717) is 39.9 Å². The lowest BCUT2D eigenvalue weighted by molar-refractivity contribution is -0.139. The van der Waals surface area contributed by atoms with Crippen LogP contribution in [0.1, 0.15) is 38.3 Å². The zero-order chi connectivity index (χ0) is 28.3. The van der Waals surface area contributed by atoms with E-state index in [2.05, 4.69) is 63.7 Å². The molecule has 0 radical (unpaired) electrons. The van der Waals surface area contributed by atoms with Crippen LogP contribution >= 0.6 is 75.3 Å². The van der Waals surface area contributed by atoms with E-state index in [9.17, 15) is 19.2 Å². The fourth-order valence-corrected chi connectivity index (χ4v) is 7.32. The van der Waals surface area contributed by atoms with Crippen molar-refractivity contribution in [1.29, 1.82) is 0 Å². The van der Waals surface area contributed by atoms with Gasteiger partial charge in [0.2, 0.25) is 5.91 Å². The van der Waals surface area contributed by atoms with Crippen LogP contribution in [0, 0.1) is 19.8 Å². The van der Waals surface area contributed by atoms with Crippen LogP contribution < -0.4 is 14.5 Å². The van der Waals surface area contributed by atoms with Crippen LogP contribution in [0.4, 0.5) is 11.4 Å². The van der Waals surface area contributed by atoms with E-state index < -0.39 is 23.7 Å². The van der Waals surface area contributed by atoms with Crippen LogP contribution in [-0.2, 0) is 9.59 Å². The third-order valence-electron chi connectivity index (χ3n) is 6.72. The summed E-state index contributed by atoms with van der Waals surface area (Å²) in [6.45, 7) is 3.72. The van der Waals surface area contributed by atoms with Crippen molar-refractivity contribution in [2.24, 2.45) is 5.92 Å². The van der Waals surface area contributed by atoms with Crippen LogP contribution in [0.15, 0.2) is 54.3 Å². The number of hydrogen-bond acceptors (Lipinski definition) is 5. The number of amides is 3. The van der Waals surface area contributed by atoms with Gasteiger partial charge >= 0.3 is 5.97 Å². The normalized spacial score (nSPS) is 16.8. The molecule has 2 aliphatic rings. The number of fused-ring (bicyclic) bond motifs is 1. The number of nitrogens with zero attached hydrogens (tertiary/aromatic N) is 2. The molecule has 3 aromatic rings. The number of imide groups is 1. The van der Waals surface area contributed by atoms with Crippen molar-refractivity contribution in [3.05, 3.63) is 81.6 Å². The molecule has 2 aliphatic heterocycles. The highest BCUT2D eigenvalue weighted by molar-refractivity contribution is 9.15. The Balaban J connectivity index is 1.35. The molecule has 0 aliphatic carbocycles. The minimum atomic E-state index is -0.654. The van der Waals surface area contributed by atoms with Crippen molar-refractivity contribution in [1.82, 2.24) is 0 Å². The number of esters is 1. The summed E-state index contributed by atoms with van der Waals surface area (Å²) in [7, 11) is 0. The average Bonchev–Trinajstić information content (AvgIpc) is 3.40. The van der Waals surface area contributed by atoms with Gasteiger partial charge in [0.05, 0.1) is 22.7 Å². The Kier molecular flexibility index (Phi) is 7.84.